The van der Waals surface area contributed by atoms with Crippen LogP contribution in [0.4, 0.5) is 0 Å². The summed E-state index contributed by atoms with van der Waals surface area (Å²) in [5, 5.41) is 0. The van der Waals surface area contributed by atoms with Crippen molar-refractivity contribution in [3.05, 3.63) is 34.9 Å². The summed E-state index contributed by atoms with van der Waals surface area (Å²) in [6.07, 6.45) is 3.23. The molecular weight excluding hydrogens is 198 g/mol. The fourth-order valence-electron chi connectivity index (χ4n) is 2.31. The Balaban J connectivity index is 2.28. The lowest BCUT2D eigenvalue weighted by Gasteiger charge is -2.17. The molecule has 0 spiro atoms. The van der Waals surface area contributed by atoms with Gasteiger partial charge in [-0.2, -0.15) is 0 Å². The zero-order chi connectivity index (χ0) is 11.5. The van der Waals surface area contributed by atoms with Crippen LogP contribution in [-0.2, 0) is 6.42 Å². The van der Waals surface area contributed by atoms with E-state index in [1.165, 1.54) is 11.1 Å². The summed E-state index contributed by atoms with van der Waals surface area (Å²) in [4.78, 5) is 14.2. The van der Waals surface area contributed by atoms with Gasteiger partial charge in [0.1, 0.15) is 0 Å². The highest BCUT2D eigenvalue weighted by molar-refractivity contribution is 5.96. The number of benzene rings is 1. The van der Waals surface area contributed by atoms with E-state index in [9.17, 15) is 4.79 Å². The molecule has 1 aromatic rings. The molecule has 1 aliphatic heterocycles. The van der Waals surface area contributed by atoms with Crippen LogP contribution in [0.3, 0.4) is 0 Å². The van der Waals surface area contributed by atoms with Gasteiger partial charge in [-0.25, -0.2) is 0 Å². The van der Waals surface area contributed by atoms with Gasteiger partial charge in [0.15, 0.2) is 0 Å². The molecule has 0 unspecified atom stereocenters. The summed E-state index contributed by atoms with van der Waals surface area (Å²) >= 11 is 0. The average Bonchev–Trinajstić information content (AvgIpc) is 2.81. The summed E-state index contributed by atoms with van der Waals surface area (Å²) in [5.74, 6) is 0.217. The first-order chi connectivity index (χ1) is 7.72. The van der Waals surface area contributed by atoms with Crippen LogP contribution < -0.4 is 0 Å². The van der Waals surface area contributed by atoms with Crippen molar-refractivity contribution in [1.82, 2.24) is 4.90 Å². The minimum Gasteiger partial charge on any atom is -0.339 e. The fraction of sp³-hybridized carbons (Fsp3) is 0.500. The van der Waals surface area contributed by atoms with E-state index >= 15 is 0 Å². The Morgan fingerprint density at radius 1 is 1.31 bits per heavy atom. The third-order valence-electron chi connectivity index (χ3n) is 3.27. The SMILES string of the molecule is CCc1cc(C)ccc1C(=O)N1CCCC1. The molecule has 0 atom stereocenters. The van der Waals surface area contributed by atoms with Crippen molar-refractivity contribution in [1.29, 1.82) is 0 Å². The van der Waals surface area contributed by atoms with Crippen molar-refractivity contribution in [2.75, 3.05) is 13.1 Å². The number of hydrogen-bond acceptors (Lipinski definition) is 1. The number of nitrogens with zero attached hydrogens (tertiary/aromatic N) is 1. The molecule has 2 rings (SSSR count). The van der Waals surface area contributed by atoms with E-state index in [0.29, 0.717) is 0 Å². The molecule has 16 heavy (non-hydrogen) atoms. The predicted octanol–water partition coefficient (Wildman–Crippen LogP) is 2.79. The number of hydrogen-bond donors (Lipinski definition) is 0. The second-order valence-corrected chi connectivity index (χ2v) is 4.51. The zero-order valence-electron chi connectivity index (χ0n) is 10.1. The van der Waals surface area contributed by atoms with Crippen LogP contribution in [0.15, 0.2) is 18.2 Å². The highest BCUT2D eigenvalue weighted by atomic mass is 16.2. The summed E-state index contributed by atoms with van der Waals surface area (Å²) in [7, 11) is 0. The lowest BCUT2D eigenvalue weighted by molar-refractivity contribution is 0.0792. The molecule has 1 amide bonds. The number of rotatable bonds is 2. The smallest absolute Gasteiger partial charge is 0.254 e. The van der Waals surface area contributed by atoms with Crippen molar-refractivity contribution in [2.45, 2.75) is 33.1 Å². The Morgan fingerprint density at radius 3 is 2.62 bits per heavy atom. The molecule has 2 nitrogen and oxygen atoms in total. The molecule has 0 aromatic heterocycles. The van der Waals surface area contributed by atoms with Gasteiger partial charge in [-0.1, -0.05) is 24.6 Å². The van der Waals surface area contributed by atoms with Crippen molar-refractivity contribution in [3.8, 4) is 0 Å². The zero-order valence-corrected chi connectivity index (χ0v) is 10.1. The molecule has 0 N–H and O–H groups in total. The number of likely N-dealkylation sites (tertiary alicyclic amines) is 1. The van der Waals surface area contributed by atoms with Crippen LogP contribution in [0, 0.1) is 6.92 Å². The van der Waals surface area contributed by atoms with Gasteiger partial charge >= 0.3 is 0 Å². The van der Waals surface area contributed by atoms with Gasteiger partial charge in [0, 0.05) is 18.7 Å². The molecule has 1 fully saturated rings. The van der Waals surface area contributed by atoms with Crippen molar-refractivity contribution in [2.24, 2.45) is 0 Å². The molecule has 1 heterocycles. The van der Waals surface area contributed by atoms with Gasteiger partial charge in [-0.15, -0.1) is 0 Å². The first kappa shape index (κ1) is 11.2. The lowest BCUT2D eigenvalue weighted by Crippen LogP contribution is -2.28. The van der Waals surface area contributed by atoms with Crippen LogP contribution in [0.25, 0.3) is 0 Å². The molecule has 2 heteroatoms. The van der Waals surface area contributed by atoms with Crippen LogP contribution in [0.2, 0.25) is 0 Å². The van der Waals surface area contributed by atoms with Gasteiger partial charge in [0.2, 0.25) is 0 Å². The number of carbonyl (C=O) groups is 1. The van der Waals surface area contributed by atoms with Crippen LogP contribution in [0.5, 0.6) is 0 Å². The maximum absolute atomic E-state index is 12.3. The van der Waals surface area contributed by atoms with Crippen LogP contribution >= 0.6 is 0 Å². The fourth-order valence-corrected chi connectivity index (χ4v) is 2.31. The molecule has 0 bridgehead atoms. The summed E-state index contributed by atoms with van der Waals surface area (Å²) < 4.78 is 0. The largest absolute Gasteiger partial charge is 0.339 e. The third kappa shape index (κ3) is 2.11. The van der Waals surface area contributed by atoms with E-state index in [1.807, 2.05) is 17.0 Å². The van der Waals surface area contributed by atoms with E-state index in [-0.39, 0.29) is 5.91 Å². The number of aryl methyl sites for hydroxylation is 2. The number of amides is 1. The van der Waals surface area contributed by atoms with E-state index < -0.39 is 0 Å². The monoisotopic (exact) mass is 217 g/mol. The standard InChI is InChI=1S/C14H19NO/c1-3-12-10-11(2)6-7-13(12)14(16)15-8-4-5-9-15/h6-7,10H,3-5,8-9H2,1-2H3. The summed E-state index contributed by atoms with van der Waals surface area (Å²) in [6, 6.07) is 6.14. The Labute approximate surface area is 97.3 Å². The topological polar surface area (TPSA) is 20.3 Å². The Morgan fingerprint density at radius 2 is 2.00 bits per heavy atom. The molecule has 1 aromatic carbocycles. The lowest BCUT2D eigenvalue weighted by atomic mass is 10.0. The molecule has 1 saturated heterocycles. The second kappa shape index (κ2) is 4.69. The van der Waals surface area contributed by atoms with Gasteiger partial charge in [-0.05, 0) is 37.8 Å². The minimum atomic E-state index is 0.217. The van der Waals surface area contributed by atoms with E-state index in [0.717, 1.165) is 37.9 Å². The normalized spacial score (nSPS) is 15.5. The van der Waals surface area contributed by atoms with Crippen molar-refractivity contribution in [3.63, 3.8) is 0 Å². The van der Waals surface area contributed by atoms with E-state index in [1.54, 1.807) is 0 Å². The van der Waals surface area contributed by atoms with Crippen molar-refractivity contribution < 1.29 is 4.79 Å². The molecule has 0 radical (unpaired) electrons. The maximum Gasteiger partial charge on any atom is 0.254 e. The molecular formula is C14H19NO. The molecule has 0 aliphatic carbocycles. The minimum absolute atomic E-state index is 0.217. The summed E-state index contributed by atoms with van der Waals surface area (Å²) in [5.41, 5.74) is 3.31. The molecule has 0 saturated carbocycles. The molecule has 1 aliphatic rings. The van der Waals surface area contributed by atoms with Gasteiger partial charge in [0.05, 0.1) is 0 Å². The van der Waals surface area contributed by atoms with Crippen LogP contribution in [0.1, 0.15) is 41.3 Å². The van der Waals surface area contributed by atoms with Crippen molar-refractivity contribution >= 4 is 5.91 Å². The Bertz CT molecular complexity index is 392. The van der Waals surface area contributed by atoms with Gasteiger partial charge < -0.3 is 4.90 Å². The predicted molar refractivity (Wildman–Crippen MR) is 65.7 cm³/mol. The number of carbonyl (C=O) groups excluding carboxylic acids is 1. The molecule has 86 valence electrons. The highest BCUT2D eigenvalue weighted by Gasteiger charge is 2.21. The third-order valence-corrected chi connectivity index (χ3v) is 3.27. The van der Waals surface area contributed by atoms with E-state index in [4.69, 9.17) is 0 Å². The summed E-state index contributed by atoms with van der Waals surface area (Å²) in [6.45, 7) is 6.03. The Kier molecular flexibility index (Phi) is 3.28. The maximum atomic E-state index is 12.3. The van der Waals surface area contributed by atoms with Gasteiger partial charge in [-0.3, -0.25) is 4.79 Å². The first-order valence-electron chi connectivity index (χ1n) is 6.11. The van der Waals surface area contributed by atoms with Gasteiger partial charge in [0.25, 0.3) is 5.91 Å². The second-order valence-electron chi connectivity index (χ2n) is 4.51. The Hall–Kier alpha value is -1.31. The average molecular weight is 217 g/mol. The van der Waals surface area contributed by atoms with Crippen LogP contribution in [-0.4, -0.2) is 23.9 Å². The first-order valence-corrected chi connectivity index (χ1v) is 6.11. The highest BCUT2D eigenvalue weighted by Crippen LogP contribution is 2.18. The quantitative estimate of drug-likeness (QED) is 0.746. The van der Waals surface area contributed by atoms with E-state index in [2.05, 4.69) is 19.9 Å².